The SMILES string of the molecule is Cc1ncc(-c2ccc(NC(=O)c3ccc(N4CCCC4)nc3)cc2)o1. The van der Waals surface area contributed by atoms with Gasteiger partial charge in [0.05, 0.1) is 11.8 Å². The maximum Gasteiger partial charge on any atom is 0.257 e. The molecule has 1 aliphatic heterocycles. The Hall–Kier alpha value is -3.15. The first kappa shape index (κ1) is 16.3. The number of aromatic nitrogens is 2. The van der Waals surface area contributed by atoms with Crippen molar-refractivity contribution in [1.29, 1.82) is 0 Å². The summed E-state index contributed by atoms with van der Waals surface area (Å²) >= 11 is 0. The highest BCUT2D eigenvalue weighted by atomic mass is 16.4. The average Bonchev–Trinajstić information content (AvgIpc) is 3.34. The molecule has 6 heteroatoms. The Morgan fingerprint density at radius 3 is 2.42 bits per heavy atom. The monoisotopic (exact) mass is 348 g/mol. The lowest BCUT2D eigenvalue weighted by atomic mass is 10.1. The molecular formula is C20H20N4O2. The number of benzene rings is 1. The lowest BCUT2D eigenvalue weighted by Crippen LogP contribution is -2.19. The number of rotatable bonds is 4. The first-order valence-electron chi connectivity index (χ1n) is 8.74. The minimum atomic E-state index is -0.172. The predicted octanol–water partition coefficient (Wildman–Crippen LogP) is 3.90. The highest BCUT2D eigenvalue weighted by Gasteiger charge is 2.14. The van der Waals surface area contributed by atoms with Crippen LogP contribution in [0.3, 0.4) is 0 Å². The smallest absolute Gasteiger partial charge is 0.257 e. The predicted molar refractivity (Wildman–Crippen MR) is 100 cm³/mol. The van der Waals surface area contributed by atoms with Gasteiger partial charge in [0.1, 0.15) is 5.82 Å². The maximum atomic E-state index is 12.4. The first-order chi connectivity index (χ1) is 12.7. The summed E-state index contributed by atoms with van der Waals surface area (Å²) in [4.78, 5) is 23.2. The van der Waals surface area contributed by atoms with Gasteiger partial charge in [-0.2, -0.15) is 0 Å². The van der Waals surface area contributed by atoms with E-state index in [-0.39, 0.29) is 5.91 Å². The van der Waals surface area contributed by atoms with Crippen LogP contribution in [0.4, 0.5) is 11.5 Å². The van der Waals surface area contributed by atoms with Gasteiger partial charge in [0.2, 0.25) is 0 Å². The number of amides is 1. The van der Waals surface area contributed by atoms with E-state index in [4.69, 9.17) is 4.42 Å². The Balaban J connectivity index is 1.42. The van der Waals surface area contributed by atoms with Crippen molar-refractivity contribution in [1.82, 2.24) is 9.97 Å². The number of nitrogens with one attached hydrogen (secondary N) is 1. The van der Waals surface area contributed by atoms with E-state index in [0.29, 0.717) is 17.2 Å². The number of oxazole rings is 1. The standard InChI is InChI=1S/C20H20N4O2/c1-14-21-13-18(26-14)15-4-7-17(8-5-15)23-20(25)16-6-9-19(22-12-16)24-10-2-3-11-24/h4-9,12-13H,2-3,10-11H2,1H3,(H,23,25). The van der Waals surface area contributed by atoms with Crippen molar-refractivity contribution in [2.75, 3.05) is 23.3 Å². The summed E-state index contributed by atoms with van der Waals surface area (Å²) in [6.45, 7) is 3.88. The molecule has 1 saturated heterocycles. The van der Waals surface area contributed by atoms with Gasteiger partial charge in [0, 0.05) is 37.5 Å². The Kier molecular flexibility index (Phi) is 4.39. The third-order valence-electron chi connectivity index (χ3n) is 4.49. The minimum Gasteiger partial charge on any atom is -0.441 e. The van der Waals surface area contributed by atoms with E-state index in [0.717, 1.165) is 30.2 Å². The zero-order valence-corrected chi connectivity index (χ0v) is 14.6. The number of carbonyl (C=O) groups is 1. The van der Waals surface area contributed by atoms with Crippen molar-refractivity contribution in [2.45, 2.75) is 19.8 Å². The molecule has 26 heavy (non-hydrogen) atoms. The van der Waals surface area contributed by atoms with Crippen molar-refractivity contribution in [3.05, 3.63) is 60.2 Å². The summed E-state index contributed by atoms with van der Waals surface area (Å²) in [5, 5.41) is 2.89. The molecule has 1 amide bonds. The van der Waals surface area contributed by atoms with Gasteiger partial charge >= 0.3 is 0 Å². The molecule has 0 radical (unpaired) electrons. The molecule has 0 aliphatic carbocycles. The maximum absolute atomic E-state index is 12.4. The molecule has 132 valence electrons. The fourth-order valence-electron chi connectivity index (χ4n) is 3.07. The fourth-order valence-corrected chi connectivity index (χ4v) is 3.07. The molecule has 3 heterocycles. The van der Waals surface area contributed by atoms with Gasteiger partial charge in [0.15, 0.2) is 11.7 Å². The van der Waals surface area contributed by atoms with E-state index >= 15 is 0 Å². The second-order valence-electron chi connectivity index (χ2n) is 6.37. The molecule has 0 saturated carbocycles. The number of aryl methyl sites for hydroxylation is 1. The summed E-state index contributed by atoms with van der Waals surface area (Å²) in [6.07, 6.45) is 5.73. The van der Waals surface area contributed by atoms with E-state index in [2.05, 4.69) is 20.2 Å². The molecule has 1 fully saturated rings. The topological polar surface area (TPSA) is 71.3 Å². The second-order valence-corrected chi connectivity index (χ2v) is 6.37. The number of pyridine rings is 1. The highest BCUT2D eigenvalue weighted by molar-refractivity contribution is 6.04. The Morgan fingerprint density at radius 2 is 1.81 bits per heavy atom. The Labute approximate surface area is 151 Å². The zero-order valence-electron chi connectivity index (χ0n) is 14.6. The molecular weight excluding hydrogens is 328 g/mol. The molecule has 3 aromatic rings. The molecule has 2 aromatic heterocycles. The Bertz CT molecular complexity index is 894. The van der Waals surface area contributed by atoms with Crippen LogP contribution in [0.2, 0.25) is 0 Å². The minimum absolute atomic E-state index is 0.172. The third kappa shape index (κ3) is 3.44. The van der Waals surface area contributed by atoms with Gasteiger partial charge in [-0.1, -0.05) is 0 Å². The van der Waals surface area contributed by atoms with Crippen LogP contribution in [0.5, 0.6) is 0 Å². The summed E-state index contributed by atoms with van der Waals surface area (Å²) in [7, 11) is 0. The quantitative estimate of drug-likeness (QED) is 0.774. The number of nitrogens with zero attached hydrogens (tertiary/aromatic N) is 3. The summed E-state index contributed by atoms with van der Waals surface area (Å²) in [6, 6.07) is 11.2. The lowest BCUT2D eigenvalue weighted by molar-refractivity contribution is 0.102. The summed E-state index contributed by atoms with van der Waals surface area (Å²) < 4.78 is 5.50. The molecule has 6 nitrogen and oxygen atoms in total. The van der Waals surface area contributed by atoms with Gasteiger partial charge in [-0.05, 0) is 49.2 Å². The van der Waals surface area contributed by atoms with Gasteiger partial charge in [-0.15, -0.1) is 0 Å². The van der Waals surface area contributed by atoms with Gasteiger partial charge in [-0.25, -0.2) is 9.97 Å². The fraction of sp³-hybridized carbons (Fsp3) is 0.250. The first-order valence-corrected chi connectivity index (χ1v) is 8.74. The largest absolute Gasteiger partial charge is 0.441 e. The second kappa shape index (κ2) is 7.00. The van der Waals surface area contributed by atoms with Crippen LogP contribution >= 0.6 is 0 Å². The normalized spacial score (nSPS) is 13.8. The molecule has 0 spiro atoms. The van der Waals surface area contributed by atoms with Crippen molar-refractivity contribution in [2.24, 2.45) is 0 Å². The van der Waals surface area contributed by atoms with Crippen molar-refractivity contribution in [3.63, 3.8) is 0 Å². The van der Waals surface area contributed by atoms with Crippen molar-refractivity contribution < 1.29 is 9.21 Å². The zero-order chi connectivity index (χ0) is 17.9. The van der Waals surface area contributed by atoms with Gasteiger partial charge in [0.25, 0.3) is 5.91 Å². The van der Waals surface area contributed by atoms with E-state index in [9.17, 15) is 4.79 Å². The molecule has 1 aliphatic rings. The van der Waals surface area contributed by atoms with E-state index < -0.39 is 0 Å². The number of hydrogen-bond acceptors (Lipinski definition) is 5. The third-order valence-corrected chi connectivity index (χ3v) is 4.49. The van der Waals surface area contributed by atoms with Crippen molar-refractivity contribution >= 4 is 17.4 Å². The molecule has 4 rings (SSSR count). The van der Waals surface area contributed by atoms with Gasteiger partial charge < -0.3 is 14.6 Å². The average molecular weight is 348 g/mol. The molecule has 0 bridgehead atoms. The molecule has 0 unspecified atom stereocenters. The summed E-state index contributed by atoms with van der Waals surface area (Å²) in [5.41, 5.74) is 2.18. The van der Waals surface area contributed by atoms with E-state index in [1.165, 1.54) is 12.8 Å². The van der Waals surface area contributed by atoms with Crippen LogP contribution in [-0.2, 0) is 0 Å². The van der Waals surface area contributed by atoms with E-state index in [1.54, 1.807) is 19.3 Å². The number of hydrogen-bond donors (Lipinski definition) is 1. The number of carbonyl (C=O) groups excluding carboxylic acids is 1. The Morgan fingerprint density at radius 1 is 1.04 bits per heavy atom. The van der Waals surface area contributed by atoms with Crippen molar-refractivity contribution in [3.8, 4) is 11.3 Å². The van der Waals surface area contributed by atoms with Crippen LogP contribution in [0, 0.1) is 6.92 Å². The van der Waals surface area contributed by atoms with Crippen LogP contribution in [-0.4, -0.2) is 29.0 Å². The molecule has 0 atom stereocenters. The van der Waals surface area contributed by atoms with Crippen LogP contribution in [0.15, 0.2) is 53.2 Å². The lowest BCUT2D eigenvalue weighted by Gasteiger charge is -2.16. The van der Waals surface area contributed by atoms with Crippen LogP contribution < -0.4 is 10.2 Å². The van der Waals surface area contributed by atoms with E-state index in [1.807, 2.05) is 36.4 Å². The molecule has 1 aromatic carbocycles. The van der Waals surface area contributed by atoms with Crippen LogP contribution in [0.1, 0.15) is 29.1 Å². The molecule has 1 N–H and O–H groups in total. The van der Waals surface area contributed by atoms with Gasteiger partial charge in [-0.3, -0.25) is 4.79 Å². The number of anilines is 2. The summed E-state index contributed by atoms with van der Waals surface area (Å²) in [5.74, 6) is 2.10. The van der Waals surface area contributed by atoms with Crippen LogP contribution in [0.25, 0.3) is 11.3 Å². The highest BCUT2D eigenvalue weighted by Crippen LogP contribution is 2.23.